The van der Waals surface area contributed by atoms with Gasteiger partial charge in [-0.05, 0) is 37.5 Å². The number of aryl methyl sites for hydroxylation is 1. The van der Waals surface area contributed by atoms with E-state index in [0.717, 1.165) is 5.56 Å². The van der Waals surface area contributed by atoms with Crippen LogP contribution in [0.15, 0.2) is 41.8 Å². The van der Waals surface area contributed by atoms with E-state index in [1.54, 1.807) is 24.3 Å². The number of nitrogens with zero attached hydrogens (tertiary/aromatic N) is 1. The largest absolute Gasteiger partial charge is 0.352 e. The molecule has 1 aliphatic rings. The molecule has 0 saturated carbocycles. The summed E-state index contributed by atoms with van der Waals surface area (Å²) in [5.74, 6) is -0.142. The van der Waals surface area contributed by atoms with E-state index in [0.29, 0.717) is 37.4 Å². The maximum atomic E-state index is 12.6. The lowest BCUT2D eigenvalue weighted by atomic mass is 9.97. The molecule has 2 rings (SSSR count). The predicted octanol–water partition coefficient (Wildman–Crippen LogP) is 1.70. The van der Waals surface area contributed by atoms with Crippen LogP contribution in [0.3, 0.4) is 0 Å². The van der Waals surface area contributed by atoms with Crippen LogP contribution in [0.25, 0.3) is 0 Å². The van der Waals surface area contributed by atoms with Crippen molar-refractivity contribution in [3.05, 3.63) is 42.5 Å². The average molecular weight is 322 g/mol. The monoisotopic (exact) mass is 322 g/mol. The van der Waals surface area contributed by atoms with Crippen LogP contribution in [0.4, 0.5) is 0 Å². The topological polar surface area (TPSA) is 66.5 Å². The normalized spacial score (nSPS) is 17.1. The van der Waals surface area contributed by atoms with Gasteiger partial charge in [0.05, 0.1) is 4.90 Å². The highest BCUT2D eigenvalue weighted by Crippen LogP contribution is 2.24. The molecule has 1 fully saturated rings. The second kappa shape index (κ2) is 7.07. The number of nitrogens with one attached hydrogen (secondary N) is 1. The van der Waals surface area contributed by atoms with Crippen molar-refractivity contribution >= 4 is 15.9 Å². The summed E-state index contributed by atoms with van der Waals surface area (Å²) in [5, 5.41) is 2.77. The summed E-state index contributed by atoms with van der Waals surface area (Å²) in [6.07, 6.45) is 2.73. The molecule has 22 heavy (non-hydrogen) atoms. The third kappa shape index (κ3) is 3.75. The van der Waals surface area contributed by atoms with Gasteiger partial charge in [0.1, 0.15) is 0 Å². The van der Waals surface area contributed by atoms with Gasteiger partial charge in [0.15, 0.2) is 0 Å². The molecular weight excluding hydrogens is 300 g/mol. The number of hydrogen-bond acceptors (Lipinski definition) is 3. The van der Waals surface area contributed by atoms with Gasteiger partial charge in [-0.25, -0.2) is 8.42 Å². The Kier molecular flexibility index (Phi) is 5.37. The van der Waals surface area contributed by atoms with E-state index in [9.17, 15) is 13.2 Å². The Balaban J connectivity index is 2.02. The van der Waals surface area contributed by atoms with Gasteiger partial charge in [0.2, 0.25) is 15.9 Å². The van der Waals surface area contributed by atoms with E-state index < -0.39 is 10.0 Å². The fourth-order valence-electron chi connectivity index (χ4n) is 2.60. The minimum absolute atomic E-state index is 0.0208. The standard InChI is InChI=1S/C16H22N2O3S/c1-3-9-17-16(19)14-7-10-18(11-8-14)22(20,21)15-6-4-5-13(2)12-15/h3-6,12,14H,1,7-11H2,2H3,(H,17,19). The molecule has 1 aliphatic heterocycles. The number of amides is 1. The molecule has 120 valence electrons. The Hall–Kier alpha value is -1.66. The number of carbonyl (C=O) groups is 1. The van der Waals surface area contributed by atoms with Crippen molar-refractivity contribution < 1.29 is 13.2 Å². The zero-order valence-corrected chi connectivity index (χ0v) is 13.6. The third-order valence-electron chi connectivity index (χ3n) is 3.87. The van der Waals surface area contributed by atoms with Crippen molar-refractivity contribution in [1.82, 2.24) is 9.62 Å². The van der Waals surface area contributed by atoms with Crippen molar-refractivity contribution in [2.75, 3.05) is 19.6 Å². The fraction of sp³-hybridized carbons (Fsp3) is 0.438. The molecule has 0 spiro atoms. The molecule has 0 aliphatic carbocycles. The minimum atomic E-state index is -3.47. The van der Waals surface area contributed by atoms with Crippen molar-refractivity contribution in [1.29, 1.82) is 0 Å². The van der Waals surface area contributed by atoms with Gasteiger partial charge in [-0.2, -0.15) is 4.31 Å². The zero-order chi connectivity index (χ0) is 16.2. The van der Waals surface area contributed by atoms with Crippen LogP contribution in [0, 0.1) is 12.8 Å². The fourth-order valence-corrected chi connectivity index (χ4v) is 4.18. The molecule has 6 heteroatoms. The summed E-state index contributed by atoms with van der Waals surface area (Å²) in [5.41, 5.74) is 0.916. The molecule has 0 bridgehead atoms. The molecule has 1 heterocycles. The molecule has 0 aromatic heterocycles. The third-order valence-corrected chi connectivity index (χ3v) is 5.77. The van der Waals surface area contributed by atoms with Crippen LogP contribution in [-0.4, -0.2) is 38.3 Å². The lowest BCUT2D eigenvalue weighted by Crippen LogP contribution is -2.43. The molecule has 0 unspecified atom stereocenters. The second-order valence-electron chi connectivity index (χ2n) is 5.53. The van der Waals surface area contributed by atoms with Crippen LogP contribution < -0.4 is 5.32 Å². The lowest BCUT2D eigenvalue weighted by Gasteiger charge is -2.30. The van der Waals surface area contributed by atoms with Gasteiger partial charge < -0.3 is 5.32 Å². The highest BCUT2D eigenvalue weighted by molar-refractivity contribution is 7.89. The molecule has 1 aromatic carbocycles. The molecule has 1 aromatic rings. The Bertz CT molecular complexity index is 647. The van der Waals surface area contributed by atoms with Crippen LogP contribution >= 0.6 is 0 Å². The number of carbonyl (C=O) groups excluding carboxylic acids is 1. The van der Waals surface area contributed by atoms with Gasteiger partial charge in [-0.1, -0.05) is 18.2 Å². The Labute approximate surface area is 132 Å². The van der Waals surface area contributed by atoms with E-state index in [4.69, 9.17) is 0 Å². The van der Waals surface area contributed by atoms with Crippen molar-refractivity contribution in [2.24, 2.45) is 5.92 Å². The quantitative estimate of drug-likeness (QED) is 0.839. The summed E-state index contributed by atoms with van der Waals surface area (Å²) in [6.45, 7) is 6.63. The average Bonchev–Trinajstić information content (AvgIpc) is 2.52. The SMILES string of the molecule is C=CCNC(=O)C1CCN(S(=O)(=O)c2cccc(C)c2)CC1. The Morgan fingerprint density at radius 1 is 1.41 bits per heavy atom. The first kappa shape index (κ1) is 16.7. The molecule has 0 radical (unpaired) electrons. The summed E-state index contributed by atoms with van der Waals surface area (Å²) < 4.78 is 26.7. The van der Waals surface area contributed by atoms with Gasteiger partial charge in [-0.15, -0.1) is 6.58 Å². The molecule has 0 atom stereocenters. The maximum absolute atomic E-state index is 12.6. The highest BCUT2D eigenvalue weighted by atomic mass is 32.2. The van der Waals surface area contributed by atoms with Gasteiger partial charge in [0, 0.05) is 25.6 Å². The number of rotatable bonds is 5. The van der Waals surface area contributed by atoms with Crippen LogP contribution in [0.5, 0.6) is 0 Å². The Morgan fingerprint density at radius 2 is 2.09 bits per heavy atom. The first-order valence-corrected chi connectivity index (χ1v) is 8.84. The molecule has 1 amide bonds. The predicted molar refractivity (Wildman–Crippen MR) is 85.9 cm³/mol. The first-order valence-electron chi connectivity index (χ1n) is 7.40. The van der Waals surface area contributed by atoms with Gasteiger partial charge in [0.25, 0.3) is 0 Å². The minimum Gasteiger partial charge on any atom is -0.352 e. The van der Waals surface area contributed by atoms with Crippen LogP contribution in [0.1, 0.15) is 18.4 Å². The van der Waals surface area contributed by atoms with Crippen LogP contribution in [-0.2, 0) is 14.8 Å². The van der Waals surface area contributed by atoms with Crippen LogP contribution in [0.2, 0.25) is 0 Å². The summed E-state index contributed by atoms with van der Waals surface area (Å²) in [7, 11) is -3.47. The summed E-state index contributed by atoms with van der Waals surface area (Å²) >= 11 is 0. The van der Waals surface area contributed by atoms with E-state index in [1.807, 2.05) is 13.0 Å². The molecule has 5 nitrogen and oxygen atoms in total. The van der Waals surface area contributed by atoms with E-state index >= 15 is 0 Å². The zero-order valence-electron chi connectivity index (χ0n) is 12.8. The molecular formula is C16H22N2O3S. The number of benzene rings is 1. The van der Waals surface area contributed by atoms with E-state index in [2.05, 4.69) is 11.9 Å². The number of sulfonamides is 1. The smallest absolute Gasteiger partial charge is 0.243 e. The van der Waals surface area contributed by atoms with Gasteiger partial charge >= 0.3 is 0 Å². The first-order chi connectivity index (χ1) is 10.4. The van der Waals surface area contributed by atoms with Crippen molar-refractivity contribution in [3.63, 3.8) is 0 Å². The second-order valence-corrected chi connectivity index (χ2v) is 7.47. The van der Waals surface area contributed by atoms with Crippen molar-refractivity contribution in [3.8, 4) is 0 Å². The molecule has 1 saturated heterocycles. The number of piperidine rings is 1. The summed E-state index contributed by atoms with van der Waals surface area (Å²) in [4.78, 5) is 12.2. The van der Waals surface area contributed by atoms with Gasteiger partial charge in [-0.3, -0.25) is 4.79 Å². The van der Waals surface area contributed by atoms with E-state index in [-0.39, 0.29) is 11.8 Å². The van der Waals surface area contributed by atoms with E-state index in [1.165, 1.54) is 4.31 Å². The summed E-state index contributed by atoms with van der Waals surface area (Å²) in [6, 6.07) is 6.91. The maximum Gasteiger partial charge on any atom is 0.243 e. The highest BCUT2D eigenvalue weighted by Gasteiger charge is 2.31. The molecule has 1 N–H and O–H groups in total. The van der Waals surface area contributed by atoms with Crippen molar-refractivity contribution in [2.45, 2.75) is 24.7 Å². The Morgan fingerprint density at radius 3 is 2.68 bits per heavy atom. The lowest BCUT2D eigenvalue weighted by molar-refractivity contribution is -0.125. The number of hydrogen-bond donors (Lipinski definition) is 1.